The van der Waals surface area contributed by atoms with Crippen LogP contribution in [0.4, 0.5) is 0 Å². The number of carboxylic acid groups (broad SMARTS) is 1. The van der Waals surface area contributed by atoms with Crippen LogP contribution in [0.15, 0.2) is 30.3 Å². The van der Waals surface area contributed by atoms with Crippen molar-refractivity contribution in [1.29, 1.82) is 0 Å². The van der Waals surface area contributed by atoms with Crippen molar-refractivity contribution >= 4 is 11.9 Å². The van der Waals surface area contributed by atoms with Crippen LogP contribution in [0.5, 0.6) is 28.7 Å². The number of methoxy groups -OCH3 is 1. The number of fused-ring (bicyclic) bond motifs is 1. The number of carbonyl (C=O) groups excluding carboxylic acids is 1. The molecule has 1 aliphatic heterocycles. The number of hydrogen-bond donors (Lipinski definition) is 5. The number of rotatable bonds is 6. The standard InChI is InChI=1S/C20H20O10/c1-28-20(27)17(8-18(25)26)29-16-7-11-13(23)5-10(21)6-15(11)30-19(16)9-2-3-12(22)14(24)4-9/h2-6,16-17,19,21-24H,7-8H2,1H3,(H,25,26). The Balaban J connectivity index is 2.02. The Kier molecular flexibility index (Phi) is 5.88. The first-order valence-electron chi connectivity index (χ1n) is 8.88. The summed E-state index contributed by atoms with van der Waals surface area (Å²) < 4.78 is 16.2. The van der Waals surface area contributed by atoms with Crippen LogP contribution in [0, 0.1) is 0 Å². The van der Waals surface area contributed by atoms with E-state index in [2.05, 4.69) is 4.74 Å². The minimum Gasteiger partial charge on any atom is -0.508 e. The fourth-order valence-electron chi connectivity index (χ4n) is 3.26. The van der Waals surface area contributed by atoms with E-state index in [0.29, 0.717) is 5.56 Å². The highest BCUT2D eigenvalue weighted by molar-refractivity contribution is 5.81. The van der Waals surface area contributed by atoms with E-state index in [-0.39, 0.29) is 35.0 Å². The van der Waals surface area contributed by atoms with Crippen LogP contribution in [-0.2, 0) is 25.5 Å². The third-order valence-electron chi connectivity index (χ3n) is 4.66. The van der Waals surface area contributed by atoms with Crippen molar-refractivity contribution < 1.29 is 49.3 Å². The molecule has 1 heterocycles. The van der Waals surface area contributed by atoms with Gasteiger partial charge in [0, 0.05) is 24.1 Å². The van der Waals surface area contributed by atoms with Crippen LogP contribution in [0.2, 0.25) is 0 Å². The molecule has 5 N–H and O–H groups in total. The Hall–Kier alpha value is -3.66. The summed E-state index contributed by atoms with van der Waals surface area (Å²) in [6.45, 7) is 0. The molecule has 2 aromatic rings. The zero-order valence-electron chi connectivity index (χ0n) is 15.8. The highest BCUT2D eigenvalue weighted by atomic mass is 16.6. The van der Waals surface area contributed by atoms with Crippen molar-refractivity contribution in [1.82, 2.24) is 0 Å². The number of phenolic OH excluding ortho intramolecular Hbond substituents is 4. The van der Waals surface area contributed by atoms with Crippen molar-refractivity contribution in [3.63, 3.8) is 0 Å². The van der Waals surface area contributed by atoms with E-state index < -0.39 is 42.4 Å². The summed E-state index contributed by atoms with van der Waals surface area (Å²) in [7, 11) is 1.09. The van der Waals surface area contributed by atoms with Gasteiger partial charge < -0.3 is 39.7 Å². The van der Waals surface area contributed by atoms with Gasteiger partial charge in [0.25, 0.3) is 0 Å². The van der Waals surface area contributed by atoms with Crippen molar-refractivity contribution in [3.05, 3.63) is 41.5 Å². The highest BCUT2D eigenvalue weighted by Gasteiger charge is 2.38. The van der Waals surface area contributed by atoms with E-state index in [0.717, 1.165) is 13.2 Å². The number of esters is 1. The van der Waals surface area contributed by atoms with Gasteiger partial charge in [-0.15, -0.1) is 0 Å². The predicted molar refractivity (Wildman–Crippen MR) is 99.5 cm³/mol. The van der Waals surface area contributed by atoms with E-state index in [9.17, 15) is 30.0 Å². The van der Waals surface area contributed by atoms with Gasteiger partial charge in [-0.05, 0) is 17.7 Å². The third-order valence-corrected chi connectivity index (χ3v) is 4.66. The Bertz CT molecular complexity index is 970. The molecule has 160 valence electrons. The topological polar surface area (TPSA) is 163 Å². The maximum atomic E-state index is 12.0. The van der Waals surface area contributed by atoms with E-state index in [1.165, 1.54) is 24.3 Å². The lowest BCUT2D eigenvalue weighted by atomic mass is 9.93. The molecule has 0 aliphatic carbocycles. The first-order valence-corrected chi connectivity index (χ1v) is 8.88. The second-order valence-corrected chi connectivity index (χ2v) is 6.72. The normalized spacial score (nSPS) is 18.7. The number of carbonyl (C=O) groups is 2. The molecule has 10 heteroatoms. The second-order valence-electron chi connectivity index (χ2n) is 6.72. The first kappa shape index (κ1) is 21.1. The SMILES string of the molecule is COC(=O)C(CC(=O)O)OC1Cc2c(O)cc(O)cc2OC1c1ccc(O)c(O)c1. The number of benzene rings is 2. The zero-order chi connectivity index (χ0) is 22.0. The second kappa shape index (κ2) is 8.37. The van der Waals surface area contributed by atoms with Crippen LogP contribution in [0.1, 0.15) is 23.7 Å². The Morgan fingerprint density at radius 1 is 1.10 bits per heavy atom. The van der Waals surface area contributed by atoms with Gasteiger partial charge in [-0.2, -0.15) is 0 Å². The molecule has 0 saturated carbocycles. The minimum absolute atomic E-state index is 0.000858. The number of phenols is 4. The molecule has 2 aromatic carbocycles. The van der Waals surface area contributed by atoms with Gasteiger partial charge >= 0.3 is 11.9 Å². The van der Waals surface area contributed by atoms with Gasteiger partial charge in [-0.3, -0.25) is 4.79 Å². The molecule has 3 rings (SSSR count). The molecule has 3 unspecified atom stereocenters. The molecular formula is C20H20O10. The van der Waals surface area contributed by atoms with Gasteiger partial charge in [0.05, 0.1) is 13.5 Å². The van der Waals surface area contributed by atoms with Crippen LogP contribution >= 0.6 is 0 Å². The van der Waals surface area contributed by atoms with Gasteiger partial charge in [-0.25, -0.2) is 4.79 Å². The van der Waals surface area contributed by atoms with E-state index in [4.69, 9.17) is 14.6 Å². The smallest absolute Gasteiger partial charge is 0.335 e. The lowest BCUT2D eigenvalue weighted by molar-refractivity contribution is -0.168. The molecule has 0 bridgehead atoms. The van der Waals surface area contributed by atoms with Crippen molar-refractivity contribution in [2.75, 3.05) is 7.11 Å². The van der Waals surface area contributed by atoms with Crippen LogP contribution in [0.3, 0.4) is 0 Å². The molecule has 0 aromatic heterocycles. The lowest BCUT2D eigenvalue weighted by Crippen LogP contribution is -2.40. The van der Waals surface area contributed by atoms with Gasteiger partial charge in [0.15, 0.2) is 23.7 Å². The predicted octanol–water partition coefficient (Wildman–Crippen LogP) is 1.59. The lowest BCUT2D eigenvalue weighted by Gasteiger charge is -2.35. The van der Waals surface area contributed by atoms with Crippen molar-refractivity contribution in [3.8, 4) is 28.7 Å². The van der Waals surface area contributed by atoms with Crippen LogP contribution in [0.25, 0.3) is 0 Å². The molecular weight excluding hydrogens is 400 g/mol. The van der Waals surface area contributed by atoms with Crippen molar-refractivity contribution in [2.24, 2.45) is 0 Å². The summed E-state index contributed by atoms with van der Waals surface area (Å²) in [5.74, 6) is -3.32. The summed E-state index contributed by atoms with van der Waals surface area (Å²) in [5.41, 5.74) is 0.638. The quantitative estimate of drug-likeness (QED) is 0.342. The maximum Gasteiger partial charge on any atom is 0.335 e. The van der Waals surface area contributed by atoms with Crippen LogP contribution in [-0.4, -0.2) is 56.8 Å². The van der Waals surface area contributed by atoms with E-state index in [1.807, 2.05) is 0 Å². The minimum atomic E-state index is -1.45. The molecule has 0 spiro atoms. The number of aliphatic carboxylic acids is 1. The fourth-order valence-corrected chi connectivity index (χ4v) is 3.26. The number of carboxylic acids is 1. The maximum absolute atomic E-state index is 12.0. The zero-order valence-corrected chi connectivity index (χ0v) is 15.8. The average Bonchev–Trinajstić information content (AvgIpc) is 2.68. The summed E-state index contributed by atoms with van der Waals surface area (Å²) in [4.78, 5) is 23.2. The Labute approximate surface area is 170 Å². The van der Waals surface area contributed by atoms with Crippen LogP contribution < -0.4 is 4.74 Å². The number of ether oxygens (including phenoxy) is 3. The molecule has 10 nitrogen and oxygen atoms in total. The molecule has 3 atom stereocenters. The number of aromatic hydroxyl groups is 4. The number of hydrogen-bond acceptors (Lipinski definition) is 9. The Morgan fingerprint density at radius 2 is 1.83 bits per heavy atom. The van der Waals surface area contributed by atoms with Gasteiger partial charge in [0.2, 0.25) is 0 Å². The molecule has 0 fully saturated rings. The Morgan fingerprint density at radius 3 is 2.47 bits per heavy atom. The monoisotopic (exact) mass is 420 g/mol. The fraction of sp³-hybridized carbons (Fsp3) is 0.300. The summed E-state index contributed by atoms with van der Waals surface area (Å²) in [6.07, 6.45) is -4.05. The molecule has 0 saturated heterocycles. The largest absolute Gasteiger partial charge is 0.508 e. The molecule has 1 aliphatic rings. The van der Waals surface area contributed by atoms with Gasteiger partial charge in [-0.1, -0.05) is 6.07 Å². The van der Waals surface area contributed by atoms with E-state index in [1.54, 1.807) is 0 Å². The van der Waals surface area contributed by atoms with Crippen molar-refractivity contribution in [2.45, 2.75) is 31.2 Å². The molecule has 0 amide bonds. The summed E-state index contributed by atoms with van der Waals surface area (Å²) in [6, 6.07) is 6.31. The highest BCUT2D eigenvalue weighted by Crippen LogP contribution is 2.44. The summed E-state index contributed by atoms with van der Waals surface area (Å²) >= 11 is 0. The first-order chi connectivity index (χ1) is 14.2. The molecule has 30 heavy (non-hydrogen) atoms. The third kappa shape index (κ3) is 4.33. The van der Waals surface area contributed by atoms with Gasteiger partial charge in [0.1, 0.15) is 23.4 Å². The average molecular weight is 420 g/mol. The summed E-state index contributed by atoms with van der Waals surface area (Å²) in [5, 5.41) is 48.4. The molecule has 0 radical (unpaired) electrons. The van der Waals surface area contributed by atoms with E-state index >= 15 is 0 Å².